The second-order valence-electron chi connectivity index (χ2n) is 12.1. The monoisotopic (exact) mass is 565 g/mol. The van der Waals surface area contributed by atoms with E-state index in [0.717, 1.165) is 60.8 Å². The number of alkyl carbamates (subject to hydrolysis) is 1. The number of hydrogen-bond acceptors (Lipinski definition) is 5. The Kier molecular flexibility index (Phi) is 11.2. The topological polar surface area (TPSA) is 108 Å². The Balaban J connectivity index is 2.04. The molecule has 1 aliphatic carbocycles. The molecule has 2 atom stereocenters. The van der Waals surface area contributed by atoms with Gasteiger partial charge in [0.1, 0.15) is 23.4 Å². The molecule has 8 heteroatoms. The molecule has 1 fully saturated rings. The summed E-state index contributed by atoms with van der Waals surface area (Å²) >= 11 is 0. The number of phenols is 1. The number of rotatable bonds is 12. The molecule has 3 amide bonds. The molecule has 3 N–H and O–H groups in total. The minimum atomic E-state index is -0.976. The summed E-state index contributed by atoms with van der Waals surface area (Å²) in [4.78, 5) is 43.2. The van der Waals surface area contributed by atoms with E-state index in [0.29, 0.717) is 6.54 Å². The van der Waals surface area contributed by atoms with Gasteiger partial charge in [0, 0.05) is 19.0 Å². The van der Waals surface area contributed by atoms with Crippen LogP contribution in [-0.2, 0) is 20.7 Å². The Morgan fingerprint density at radius 3 is 2.32 bits per heavy atom. The highest BCUT2D eigenvalue weighted by atomic mass is 16.6. The average molecular weight is 566 g/mol. The van der Waals surface area contributed by atoms with Crippen LogP contribution in [-0.4, -0.2) is 52.1 Å². The van der Waals surface area contributed by atoms with Crippen LogP contribution in [0.5, 0.6) is 5.75 Å². The van der Waals surface area contributed by atoms with Gasteiger partial charge in [0.15, 0.2) is 0 Å². The summed E-state index contributed by atoms with van der Waals surface area (Å²) in [5.74, 6) is -0.429. The number of amides is 3. The maximum atomic E-state index is 14.6. The fourth-order valence-electron chi connectivity index (χ4n) is 5.05. The van der Waals surface area contributed by atoms with E-state index >= 15 is 0 Å². The minimum absolute atomic E-state index is 0.113. The zero-order valence-corrected chi connectivity index (χ0v) is 25.5. The van der Waals surface area contributed by atoms with Gasteiger partial charge in [-0.25, -0.2) is 4.79 Å². The molecule has 41 heavy (non-hydrogen) atoms. The van der Waals surface area contributed by atoms with Gasteiger partial charge in [-0.05, 0) is 94.7 Å². The highest BCUT2D eigenvalue weighted by Gasteiger charge is 2.42. The van der Waals surface area contributed by atoms with E-state index in [4.69, 9.17) is 4.74 Å². The number of benzene rings is 2. The lowest BCUT2D eigenvalue weighted by Crippen LogP contribution is -2.58. The zero-order chi connectivity index (χ0) is 30.2. The number of ether oxygens (including phenoxy) is 1. The standard InChI is InChI=1S/C33H47N3O5/c1-7-8-9-20-34-30(38)29(27-15-10-12-22(2)23(27)3)36(25-13-11-14-25)31(39)28(35-32(40)41-33(4,5)6)21-24-16-18-26(37)19-17-24/h10,12,15-19,25,28-29,37H,7-9,11,13-14,20-21H2,1-6H3,(H,34,38)(H,35,40). The summed E-state index contributed by atoms with van der Waals surface area (Å²) in [7, 11) is 0. The molecule has 0 bridgehead atoms. The molecule has 1 saturated carbocycles. The van der Waals surface area contributed by atoms with Gasteiger partial charge in [0.25, 0.3) is 0 Å². The van der Waals surface area contributed by atoms with E-state index in [1.165, 1.54) is 0 Å². The summed E-state index contributed by atoms with van der Waals surface area (Å²) in [5, 5.41) is 15.7. The van der Waals surface area contributed by atoms with Crippen LogP contribution in [0.1, 0.15) is 94.5 Å². The van der Waals surface area contributed by atoms with Gasteiger partial charge < -0.3 is 25.4 Å². The van der Waals surface area contributed by atoms with Crippen LogP contribution in [0.4, 0.5) is 4.79 Å². The maximum absolute atomic E-state index is 14.6. The number of phenolic OH excluding ortho intramolecular Hbond substituents is 1. The third kappa shape index (κ3) is 8.97. The number of aromatic hydroxyl groups is 1. The van der Waals surface area contributed by atoms with Crippen LogP contribution >= 0.6 is 0 Å². The number of carbonyl (C=O) groups excluding carboxylic acids is 3. The second kappa shape index (κ2) is 14.4. The van der Waals surface area contributed by atoms with Crippen LogP contribution in [0.15, 0.2) is 42.5 Å². The summed E-state index contributed by atoms with van der Waals surface area (Å²) in [6.07, 6.45) is 4.93. The summed E-state index contributed by atoms with van der Waals surface area (Å²) in [5.41, 5.74) is 2.81. The first-order valence-corrected chi connectivity index (χ1v) is 14.8. The number of aryl methyl sites for hydroxylation is 1. The first kappa shape index (κ1) is 32.0. The van der Waals surface area contributed by atoms with Crippen molar-refractivity contribution in [3.63, 3.8) is 0 Å². The summed E-state index contributed by atoms with van der Waals surface area (Å²) < 4.78 is 5.52. The number of carbonyl (C=O) groups is 3. The van der Waals surface area contributed by atoms with Crippen molar-refractivity contribution < 1.29 is 24.2 Å². The van der Waals surface area contributed by atoms with Crippen LogP contribution < -0.4 is 10.6 Å². The smallest absolute Gasteiger partial charge is 0.408 e. The van der Waals surface area contributed by atoms with E-state index in [1.807, 2.05) is 32.0 Å². The Morgan fingerprint density at radius 1 is 1.05 bits per heavy atom. The number of hydrogen-bond donors (Lipinski definition) is 3. The molecule has 2 unspecified atom stereocenters. The molecule has 0 aliphatic heterocycles. The Morgan fingerprint density at radius 2 is 1.73 bits per heavy atom. The third-order valence-electron chi connectivity index (χ3n) is 7.63. The highest BCUT2D eigenvalue weighted by Crippen LogP contribution is 2.35. The van der Waals surface area contributed by atoms with Crippen molar-refractivity contribution in [2.24, 2.45) is 0 Å². The summed E-state index contributed by atoms with van der Waals surface area (Å²) in [6, 6.07) is 10.5. The maximum Gasteiger partial charge on any atom is 0.408 e. The molecule has 224 valence electrons. The number of nitrogens with zero attached hydrogens (tertiary/aromatic N) is 1. The normalized spacial score (nSPS) is 14.9. The van der Waals surface area contributed by atoms with Gasteiger partial charge in [-0.1, -0.05) is 50.1 Å². The van der Waals surface area contributed by atoms with Gasteiger partial charge in [0.2, 0.25) is 11.8 Å². The lowest BCUT2D eigenvalue weighted by molar-refractivity contribution is -0.147. The molecule has 0 saturated heterocycles. The van der Waals surface area contributed by atoms with E-state index in [1.54, 1.807) is 49.9 Å². The third-order valence-corrected chi connectivity index (χ3v) is 7.63. The number of nitrogens with one attached hydrogen (secondary N) is 2. The van der Waals surface area contributed by atoms with Crippen LogP contribution in [0.25, 0.3) is 0 Å². The predicted molar refractivity (Wildman–Crippen MR) is 161 cm³/mol. The quantitative estimate of drug-likeness (QED) is 0.279. The molecule has 8 nitrogen and oxygen atoms in total. The van der Waals surface area contributed by atoms with Crippen molar-refractivity contribution in [1.29, 1.82) is 0 Å². The Bertz CT molecular complexity index is 1180. The van der Waals surface area contributed by atoms with E-state index in [9.17, 15) is 19.5 Å². The lowest BCUT2D eigenvalue weighted by atomic mass is 9.86. The van der Waals surface area contributed by atoms with Gasteiger partial charge in [0.05, 0.1) is 0 Å². The van der Waals surface area contributed by atoms with E-state index in [-0.39, 0.29) is 30.0 Å². The largest absolute Gasteiger partial charge is 0.508 e. The van der Waals surface area contributed by atoms with Crippen molar-refractivity contribution in [2.45, 2.75) is 110 Å². The number of unbranched alkanes of at least 4 members (excludes halogenated alkanes) is 2. The first-order chi connectivity index (χ1) is 19.4. The van der Waals surface area contributed by atoms with Gasteiger partial charge in [-0.15, -0.1) is 0 Å². The van der Waals surface area contributed by atoms with E-state index < -0.39 is 23.8 Å². The van der Waals surface area contributed by atoms with Crippen molar-refractivity contribution in [1.82, 2.24) is 15.5 Å². The average Bonchev–Trinajstić information content (AvgIpc) is 2.87. The molecule has 2 aromatic carbocycles. The van der Waals surface area contributed by atoms with Crippen LogP contribution in [0.2, 0.25) is 0 Å². The highest BCUT2D eigenvalue weighted by molar-refractivity contribution is 5.93. The fraction of sp³-hybridized carbons (Fsp3) is 0.545. The summed E-state index contributed by atoms with van der Waals surface area (Å²) in [6.45, 7) is 11.9. The molecule has 3 rings (SSSR count). The van der Waals surface area contributed by atoms with Gasteiger partial charge in [-0.3, -0.25) is 9.59 Å². The second-order valence-corrected chi connectivity index (χ2v) is 12.1. The minimum Gasteiger partial charge on any atom is -0.508 e. The fourth-order valence-corrected chi connectivity index (χ4v) is 5.05. The zero-order valence-electron chi connectivity index (χ0n) is 25.5. The Hall–Kier alpha value is -3.55. The molecule has 2 aromatic rings. The molecule has 1 aliphatic rings. The Labute approximate surface area is 244 Å². The molecule has 0 aromatic heterocycles. The van der Waals surface area contributed by atoms with Gasteiger partial charge >= 0.3 is 6.09 Å². The van der Waals surface area contributed by atoms with Crippen molar-refractivity contribution >= 4 is 17.9 Å². The van der Waals surface area contributed by atoms with Gasteiger partial charge in [-0.2, -0.15) is 0 Å². The predicted octanol–water partition coefficient (Wildman–Crippen LogP) is 5.87. The van der Waals surface area contributed by atoms with Crippen LogP contribution in [0, 0.1) is 13.8 Å². The molecule has 0 spiro atoms. The van der Waals surface area contributed by atoms with Crippen molar-refractivity contribution in [3.8, 4) is 5.75 Å². The molecule has 0 radical (unpaired) electrons. The molecular weight excluding hydrogens is 518 g/mol. The first-order valence-electron chi connectivity index (χ1n) is 14.8. The van der Waals surface area contributed by atoms with Crippen molar-refractivity contribution in [3.05, 3.63) is 64.7 Å². The SMILES string of the molecule is CCCCCNC(=O)C(c1cccc(C)c1C)N(C(=O)C(Cc1ccc(O)cc1)NC(=O)OC(C)(C)C)C1CCC1. The molecular formula is C33H47N3O5. The lowest BCUT2D eigenvalue weighted by Gasteiger charge is -2.44. The van der Waals surface area contributed by atoms with E-state index in [2.05, 4.69) is 17.6 Å². The van der Waals surface area contributed by atoms with Crippen molar-refractivity contribution in [2.75, 3.05) is 6.54 Å². The van der Waals surface area contributed by atoms with Crippen LogP contribution in [0.3, 0.4) is 0 Å². The molecule has 0 heterocycles.